The molecule has 96 valence electrons. The summed E-state index contributed by atoms with van der Waals surface area (Å²) in [5.74, 6) is 0.304. The Bertz CT molecular complexity index is 422. The number of rotatable bonds is 6. The summed E-state index contributed by atoms with van der Waals surface area (Å²) >= 11 is 0. The second kappa shape index (κ2) is 7.65. The molecular formula is C17H22O. The highest BCUT2D eigenvalue weighted by Crippen LogP contribution is 2.18. The summed E-state index contributed by atoms with van der Waals surface area (Å²) < 4.78 is 0. The molecule has 0 saturated heterocycles. The lowest BCUT2D eigenvalue weighted by Crippen LogP contribution is -2.00. The highest BCUT2D eigenvalue weighted by atomic mass is 16.1. The van der Waals surface area contributed by atoms with Crippen LogP contribution in [0.15, 0.2) is 47.6 Å². The van der Waals surface area contributed by atoms with E-state index < -0.39 is 0 Å². The van der Waals surface area contributed by atoms with Crippen molar-refractivity contribution in [2.75, 3.05) is 0 Å². The highest BCUT2D eigenvalue weighted by molar-refractivity contribution is 5.82. The van der Waals surface area contributed by atoms with Crippen molar-refractivity contribution in [1.82, 2.24) is 0 Å². The molecule has 1 nitrogen and oxygen atoms in total. The van der Waals surface area contributed by atoms with Crippen LogP contribution in [0.1, 0.15) is 39.2 Å². The average Bonchev–Trinajstić information content (AvgIpc) is 2.36. The molecular weight excluding hydrogens is 220 g/mol. The van der Waals surface area contributed by atoms with Gasteiger partial charge in [0.05, 0.1) is 0 Å². The number of carbonyl (C=O) groups excluding carboxylic acids is 1. The maximum absolute atomic E-state index is 11.2. The second-order valence-corrected chi connectivity index (χ2v) is 4.93. The smallest absolute Gasteiger partial charge is 0.146 e. The van der Waals surface area contributed by atoms with E-state index in [2.05, 4.69) is 26.8 Å². The minimum absolute atomic E-state index is 0.304. The quantitative estimate of drug-likeness (QED) is 0.403. The van der Waals surface area contributed by atoms with E-state index in [9.17, 15) is 4.79 Å². The topological polar surface area (TPSA) is 17.1 Å². The number of carbonyl (C=O) groups is 1. The molecule has 1 unspecified atom stereocenters. The van der Waals surface area contributed by atoms with Gasteiger partial charge in [-0.1, -0.05) is 48.9 Å². The Kier molecular flexibility index (Phi) is 6.13. The van der Waals surface area contributed by atoms with Crippen molar-refractivity contribution in [2.45, 2.75) is 33.6 Å². The maximum atomic E-state index is 11.2. The molecule has 0 aliphatic rings. The Morgan fingerprint density at radius 3 is 2.44 bits per heavy atom. The minimum atomic E-state index is 0.304. The maximum Gasteiger partial charge on any atom is 0.146 e. The van der Waals surface area contributed by atoms with E-state index in [1.165, 1.54) is 5.57 Å². The number of benzene rings is 1. The van der Waals surface area contributed by atoms with Crippen LogP contribution in [0.3, 0.4) is 0 Å². The number of hydrogen-bond donors (Lipinski definition) is 0. The van der Waals surface area contributed by atoms with Crippen molar-refractivity contribution in [1.29, 1.82) is 0 Å². The summed E-state index contributed by atoms with van der Waals surface area (Å²) in [5, 5.41) is 0. The molecule has 1 heteroatoms. The Labute approximate surface area is 110 Å². The second-order valence-electron chi connectivity index (χ2n) is 4.93. The van der Waals surface area contributed by atoms with Gasteiger partial charge in [-0.3, -0.25) is 4.79 Å². The summed E-state index contributed by atoms with van der Waals surface area (Å²) in [4.78, 5) is 11.2. The lowest BCUT2D eigenvalue weighted by molar-refractivity contribution is -0.105. The third kappa shape index (κ3) is 5.13. The molecule has 0 N–H and O–H groups in total. The van der Waals surface area contributed by atoms with Crippen LogP contribution in [0.4, 0.5) is 0 Å². The van der Waals surface area contributed by atoms with Crippen LogP contribution in [-0.4, -0.2) is 6.29 Å². The van der Waals surface area contributed by atoms with Gasteiger partial charge in [-0.2, -0.15) is 0 Å². The molecule has 1 aromatic carbocycles. The van der Waals surface area contributed by atoms with Crippen LogP contribution in [0.2, 0.25) is 0 Å². The first-order valence-electron chi connectivity index (χ1n) is 6.48. The fourth-order valence-electron chi connectivity index (χ4n) is 1.82. The number of hydrogen-bond acceptors (Lipinski definition) is 1. The van der Waals surface area contributed by atoms with E-state index in [1.54, 1.807) is 0 Å². The molecule has 0 amide bonds. The first kappa shape index (κ1) is 14.4. The monoisotopic (exact) mass is 242 g/mol. The SMILES string of the molecule is CC(C)=CCCC(C)/C(C=O)=C\c1ccccc1. The van der Waals surface area contributed by atoms with Gasteiger partial charge in [0.25, 0.3) is 0 Å². The van der Waals surface area contributed by atoms with Gasteiger partial charge >= 0.3 is 0 Å². The van der Waals surface area contributed by atoms with Gasteiger partial charge in [0.2, 0.25) is 0 Å². The van der Waals surface area contributed by atoms with E-state index >= 15 is 0 Å². The van der Waals surface area contributed by atoms with Crippen molar-refractivity contribution >= 4 is 12.4 Å². The van der Waals surface area contributed by atoms with E-state index in [4.69, 9.17) is 0 Å². The average molecular weight is 242 g/mol. The molecule has 0 heterocycles. The van der Waals surface area contributed by atoms with Gasteiger partial charge < -0.3 is 0 Å². The van der Waals surface area contributed by atoms with Crippen molar-refractivity contribution in [2.24, 2.45) is 5.92 Å². The van der Waals surface area contributed by atoms with Crippen LogP contribution in [0.5, 0.6) is 0 Å². The predicted molar refractivity (Wildman–Crippen MR) is 78.3 cm³/mol. The molecule has 0 saturated carbocycles. The zero-order valence-electron chi connectivity index (χ0n) is 11.5. The zero-order valence-corrected chi connectivity index (χ0v) is 11.5. The Hall–Kier alpha value is -1.63. The molecule has 18 heavy (non-hydrogen) atoms. The van der Waals surface area contributed by atoms with Gasteiger partial charge in [-0.05, 0) is 49.8 Å². The number of allylic oxidation sites excluding steroid dienone is 3. The molecule has 0 radical (unpaired) electrons. The molecule has 0 aliphatic heterocycles. The van der Waals surface area contributed by atoms with Crippen molar-refractivity contribution < 1.29 is 4.79 Å². The Morgan fingerprint density at radius 1 is 1.22 bits per heavy atom. The van der Waals surface area contributed by atoms with Crippen LogP contribution < -0.4 is 0 Å². The zero-order chi connectivity index (χ0) is 13.4. The predicted octanol–water partition coefficient (Wildman–Crippen LogP) is 4.65. The highest BCUT2D eigenvalue weighted by Gasteiger charge is 2.07. The third-order valence-electron chi connectivity index (χ3n) is 2.99. The standard InChI is InChI=1S/C17H22O/c1-14(2)8-7-9-15(3)17(13-18)12-16-10-5-4-6-11-16/h4-6,8,10-13,15H,7,9H2,1-3H3/b17-12-. The summed E-state index contributed by atoms with van der Waals surface area (Å²) in [7, 11) is 0. The normalized spacial score (nSPS) is 12.9. The Morgan fingerprint density at radius 2 is 1.89 bits per heavy atom. The van der Waals surface area contributed by atoms with Gasteiger partial charge in [0.15, 0.2) is 0 Å². The van der Waals surface area contributed by atoms with Crippen LogP contribution in [-0.2, 0) is 4.79 Å². The first-order chi connectivity index (χ1) is 8.63. The molecule has 1 atom stereocenters. The largest absolute Gasteiger partial charge is 0.298 e. The van der Waals surface area contributed by atoms with Gasteiger partial charge in [0.1, 0.15) is 6.29 Å². The van der Waals surface area contributed by atoms with Crippen molar-refractivity contribution in [3.8, 4) is 0 Å². The van der Waals surface area contributed by atoms with Crippen LogP contribution >= 0.6 is 0 Å². The lowest BCUT2D eigenvalue weighted by atomic mass is 9.94. The van der Waals surface area contributed by atoms with Gasteiger partial charge in [-0.25, -0.2) is 0 Å². The minimum Gasteiger partial charge on any atom is -0.298 e. The molecule has 0 bridgehead atoms. The molecule has 0 fully saturated rings. The Balaban J connectivity index is 2.68. The van der Waals surface area contributed by atoms with Crippen LogP contribution in [0, 0.1) is 5.92 Å². The summed E-state index contributed by atoms with van der Waals surface area (Å²) in [6.45, 7) is 6.32. The van der Waals surface area contributed by atoms with Crippen molar-refractivity contribution in [3.05, 3.63) is 53.1 Å². The van der Waals surface area contributed by atoms with E-state index in [0.717, 1.165) is 30.3 Å². The number of aldehydes is 1. The summed E-state index contributed by atoms with van der Waals surface area (Å²) in [6.07, 6.45) is 7.24. The van der Waals surface area contributed by atoms with Crippen molar-refractivity contribution in [3.63, 3.8) is 0 Å². The molecule has 1 rings (SSSR count). The fraction of sp³-hybridized carbons (Fsp3) is 0.353. The van der Waals surface area contributed by atoms with E-state index in [1.807, 2.05) is 36.4 Å². The van der Waals surface area contributed by atoms with Gasteiger partial charge in [0, 0.05) is 0 Å². The fourth-order valence-corrected chi connectivity index (χ4v) is 1.82. The van der Waals surface area contributed by atoms with E-state index in [0.29, 0.717) is 5.92 Å². The first-order valence-corrected chi connectivity index (χ1v) is 6.48. The van der Waals surface area contributed by atoms with E-state index in [-0.39, 0.29) is 0 Å². The molecule has 1 aromatic rings. The third-order valence-corrected chi connectivity index (χ3v) is 2.99. The summed E-state index contributed by atoms with van der Waals surface area (Å²) in [6, 6.07) is 10.00. The molecule has 0 aliphatic carbocycles. The molecule has 0 spiro atoms. The lowest BCUT2D eigenvalue weighted by Gasteiger charge is -2.10. The van der Waals surface area contributed by atoms with Crippen LogP contribution in [0.25, 0.3) is 6.08 Å². The molecule has 0 aromatic heterocycles. The van der Waals surface area contributed by atoms with Gasteiger partial charge in [-0.15, -0.1) is 0 Å². The summed E-state index contributed by atoms with van der Waals surface area (Å²) in [5.41, 5.74) is 3.30.